The van der Waals surface area contributed by atoms with Crippen molar-refractivity contribution in [1.82, 2.24) is 4.90 Å². The average molecular weight is 429 g/mol. The number of nitro benzene ring substituents is 1. The van der Waals surface area contributed by atoms with E-state index in [0.29, 0.717) is 19.5 Å². The maximum Gasteiger partial charge on any atom is 0.338 e. The minimum Gasteiger partial charge on any atom is -0.449 e. The summed E-state index contributed by atoms with van der Waals surface area (Å²) in [6.45, 7) is 2.53. The highest BCUT2D eigenvalue weighted by Gasteiger charge is 2.22. The van der Waals surface area contributed by atoms with Crippen molar-refractivity contribution in [3.63, 3.8) is 0 Å². The van der Waals surface area contributed by atoms with Crippen LogP contribution in [0.15, 0.2) is 42.5 Å². The number of nitrogens with one attached hydrogen (secondary N) is 1. The Kier molecular flexibility index (Phi) is 6.58. The van der Waals surface area contributed by atoms with E-state index >= 15 is 0 Å². The third kappa shape index (κ3) is 5.41. The Bertz CT molecular complexity index is 1020. The number of halogens is 1. The van der Waals surface area contributed by atoms with Gasteiger partial charge in [-0.05, 0) is 43.2 Å². The summed E-state index contributed by atoms with van der Waals surface area (Å²) in [6, 6.07) is 9.43. The van der Waals surface area contributed by atoms with Crippen LogP contribution in [0.4, 0.5) is 15.8 Å². The zero-order chi connectivity index (χ0) is 22.5. The monoisotopic (exact) mass is 429 g/mol. The number of carbonyl (C=O) groups excluding carboxylic acids is 3. The molecule has 2 aromatic carbocycles. The summed E-state index contributed by atoms with van der Waals surface area (Å²) in [5, 5.41) is 13.1. The first-order chi connectivity index (χ1) is 14.7. The van der Waals surface area contributed by atoms with E-state index in [9.17, 15) is 28.9 Å². The predicted molar refractivity (Wildman–Crippen MR) is 108 cm³/mol. The van der Waals surface area contributed by atoms with E-state index < -0.39 is 34.4 Å². The first-order valence-electron chi connectivity index (χ1n) is 9.57. The van der Waals surface area contributed by atoms with Crippen molar-refractivity contribution in [3.8, 4) is 0 Å². The Balaban J connectivity index is 1.57. The average Bonchev–Trinajstić information content (AvgIpc) is 3.14. The van der Waals surface area contributed by atoms with Crippen LogP contribution in [0.3, 0.4) is 0 Å². The van der Waals surface area contributed by atoms with Crippen LogP contribution in [0.5, 0.6) is 0 Å². The molecule has 0 bridgehead atoms. The second kappa shape index (κ2) is 9.33. The van der Waals surface area contributed by atoms with E-state index in [0.717, 1.165) is 24.1 Å². The van der Waals surface area contributed by atoms with Gasteiger partial charge < -0.3 is 15.0 Å². The number of esters is 1. The molecule has 1 fully saturated rings. The third-order valence-electron chi connectivity index (χ3n) is 4.80. The highest BCUT2D eigenvalue weighted by molar-refractivity contribution is 5.97. The molecule has 0 saturated carbocycles. The Labute approximate surface area is 176 Å². The number of likely N-dealkylation sites (tertiary alicyclic amines) is 1. The Hall–Kier alpha value is -3.82. The number of carbonyl (C=O) groups is 3. The fourth-order valence-corrected chi connectivity index (χ4v) is 3.09. The van der Waals surface area contributed by atoms with Crippen molar-refractivity contribution >= 4 is 29.2 Å². The number of hydrogen-bond acceptors (Lipinski definition) is 6. The van der Waals surface area contributed by atoms with Gasteiger partial charge in [0.05, 0.1) is 10.5 Å². The van der Waals surface area contributed by atoms with Crippen LogP contribution in [0.2, 0.25) is 0 Å². The molecule has 162 valence electrons. The van der Waals surface area contributed by atoms with Crippen LogP contribution in [-0.2, 0) is 20.9 Å². The van der Waals surface area contributed by atoms with Gasteiger partial charge in [-0.1, -0.05) is 12.1 Å². The molecule has 1 N–H and O–H groups in total. The van der Waals surface area contributed by atoms with Crippen LogP contribution in [0.25, 0.3) is 0 Å². The number of rotatable bonds is 7. The van der Waals surface area contributed by atoms with Gasteiger partial charge in [0.15, 0.2) is 6.10 Å². The van der Waals surface area contributed by atoms with Gasteiger partial charge in [0, 0.05) is 31.3 Å². The summed E-state index contributed by atoms with van der Waals surface area (Å²) < 4.78 is 18.5. The highest BCUT2D eigenvalue weighted by atomic mass is 19.1. The number of ether oxygens (including phenoxy) is 1. The normalized spacial score (nSPS) is 14.3. The van der Waals surface area contributed by atoms with Crippen molar-refractivity contribution in [3.05, 3.63) is 69.5 Å². The number of anilines is 1. The van der Waals surface area contributed by atoms with E-state index in [1.807, 2.05) is 0 Å². The van der Waals surface area contributed by atoms with Gasteiger partial charge in [0.1, 0.15) is 0 Å². The zero-order valence-electron chi connectivity index (χ0n) is 16.7. The molecular weight excluding hydrogens is 409 g/mol. The first-order valence-corrected chi connectivity index (χ1v) is 9.57. The second-order valence-corrected chi connectivity index (χ2v) is 7.08. The van der Waals surface area contributed by atoms with Gasteiger partial charge in [0.2, 0.25) is 11.7 Å². The summed E-state index contributed by atoms with van der Waals surface area (Å²) in [7, 11) is 0. The lowest BCUT2D eigenvalue weighted by Crippen LogP contribution is -2.30. The molecule has 10 heteroatoms. The molecule has 1 heterocycles. The smallest absolute Gasteiger partial charge is 0.338 e. The lowest BCUT2D eigenvalue weighted by atomic mass is 10.1. The van der Waals surface area contributed by atoms with E-state index in [1.54, 1.807) is 29.2 Å². The van der Waals surface area contributed by atoms with E-state index in [-0.39, 0.29) is 17.2 Å². The molecule has 2 amide bonds. The molecular formula is C21H20FN3O6. The van der Waals surface area contributed by atoms with E-state index in [4.69, 9.17) is 4.74 Å². The van der Waals surface area contributed by atoms with Crippen LogP contribution < -0.4 is 5.32 Å². The maximum atomic E-state index is 13.4. The number of nitrogens with zero attached hydrogens (tertiary/aromatic N) is 2. The lowest BCUT2D eigenvalue weighted by Gasteiger charge is -2.16. The second-order valence-electron chi connectivity index (χ2n) is 7.08. The first kappa shape index (κ1) is 21.9. The fraction of sp³-hybridized carbons (Fsp3) is 0.286. The molecule has 1 atom stereocenters. The van der Waals surface area contributed by atoms with Crippen LogP contribution in [0.1, 0.15) is 35.7 Å². The topological polar surface area (TPSA) is 119 Å². The number of amides is 2. The van der Waals surface area contributed by atoms with Gasteiger partial charge in [-0.25, -0.2) is 4.79 Å². The van der Waals surface area contributed by atoms with Crippen molar-refractivity contribution in [1.29, 1.82) is 0 Å². The zero-order valence-corrected chi connectivity index (χ0v) is 16.7. The van der Waals surface area contributed by atoms with Gasteiger partial charge in [0.25, 0.3) is 5.91 Å². The summed E-state index contributed by atoms with van der Waals surface area (Å²) in [4.78, 5) is 47.9. The maximum absolute atomic E-state index is 13.4. The molecule has 1 unspecified atom stereocenters. The Morgan fingerprint density at radius 1 is 1.26 bits per heavy atom. The van der Waals surface area contributed by atoms with Crippen molar-refractivity contribution in [2.45, 2.75) is 32.4 Å². The molecule has 2 aromatic rings. The summed E-state index contributed by atoms with van der Waals surface area (Å²) in [5.41, 5.74) is 0.323. The minimum absolute atomic E-state index is 0.00168. The molecule has 0 aliphatic carbocycles. The van der Waals surface area contributed by atoms with Crippen molar-refractivity contribution in [2.24, 2.45) is 0 Å². The number of nitro groups is 1. The van der Waals surface area contributed by atoms with Crippen LogP contribution >= 0.6 is 0 Å². The lowest BCUT2D eigenvalue weighted by molar-refractivity contribution is -0.387. The van der Waals surface area contributed by atoms with Gasteiger partial charge in [-0.2, -0.15) is 4.39 Å². The molecule has 0 aromatic heterocycles. The van der Waals surface area contributed by atoms with Crippen LogP contribution in [0, 0.1) is 15.9 Å². The summed E-state index contributed by atoms with van der Waals surface area (Å²) in [6.07, 6.45) is 0.197. The minimum atomic E-state index is -1.20. The molecule has 0 radical (unpaired) electrons. The molecule has 9 nitrogen and oxygen atoms in total. The van der Waals surface area contributed by atoms with Gasteiger partial charge >= 0.3 is 11.7 Å². The van der Waals surface area contributed by atoms with Gasteiger partial charge in [-0.3, -0.25) is 19.7 Å². The molecule has 3 rings (SSSR count). The van der Waals surface area contributed by atoms with E-state index in [1.165, 1.54) is 13.0 Å². The SMILES string of the molecule is CC(OC(=O)c1ccc(CN2CCCC2=O)cc1)C(=O)Nc1ccc(F)c([N+](=O)[O-])c1. The molecule has 1 aliphatic rings. The highest BCUT2D eigenvalue weighted by Crippen LogP contribution is 2.22. The number of hydrogen-bond donors (Lipinski definition) is 1. The largest absolute Gasteiger partial charge is 0.449 e. The number of benzene rings is 2. The summed E-state index contributed by atoms with van der Waals surface area (Å²) in [5.74, 6) is -2.37. The molecule has 1 saturated heterocycles. The van der Waals surface area contributed by atoms with Gasteiger partial charge in [-0.15, -0.1) is 0 Å². The Morgan fingerprint density at radius 3 is 2.58 bits per heavy atom. The Morgan fingerprint density at radius 2 is 1.97 bits per heavy atom. The van der Waals surface area contributed by atoms with E-state index in [2.05, 4.69) is 5.32 Å². The third-order valence-corrected chi connectivity index (χ3v) is 4.80. The fourth-order valence-electron chi connectivity index (χ4n) is 3.09. The predicted octanol–water partition coefficient (Wildman–Crippen LogP) is 3.04. The van der Waals surface area contributed by atoms with Crippen molar-refractivity contribution < 1.29 is 28.4 Å². The molecule has 31 heavy (non-hydrogen) atoms. The molecule has 1 aliphatic heterocycles. The standard InChI is InChI=1S/C21H20FN3O6/c1-13(20(27)23-16-8-9-17(22)18(11-16)25(29)30)31-21(28)15-6-4-14(5-7-15)12-24-10-2-3-19(24)26/h4-9,11,13H,2-3,10,12H2,1H3,(H,23,27). The quantitative estimate of drug-likeness (QED) is 0.411. The molecule has 0 spiro atoms. The van der Waals surface area contributed by atoms with Crippen molar-refractivity contribution in [2.75, 3.05) is 11.9 Å². The summed E-state index contributed by atoms with van der Waals surface area (Å²) >= 11 is 0. The van der Waals surface area contributed by atoms with Crippen LogP contribution in [-0.4, -0.2) is 40.3 Å².